The van der Waals surface area contributed by atoms with Crippen molar-refractivity contribution in [1.82, 2.24) is 10.2 Å². The number of benzene rings is 2. The second kappa shape index (κ2) is 9.31. The van der Waals surface area contributed by atoms with E-state index in [0.717, 1.165) is 5.56 Å². The zero-order chi connectivity index (χ0) is 19.1. The van der Waals surface area contributed by atoms with E-state index in [1.165, 1.54) is 6.07 Å². The summed E-state index contributed by atoms with van der Waals surface area (Å²) in [6, 6.07) is 16.4. The molecule has 2 aromatic carbocycles. The second-order valence-corrected chi connectivity index (χ2v) is 6.95. The van der Waals surface area contributed by atoms with E-state index in [0.29, 0.717) is 50.9 Å². The highest BCUT2D eigenvalue weighted by atomic mass is 19.1. The lowest BCUT2D eigenvalue weighted by Gasteiger charge is -2.31. The molecule has 0 spiro atoms. The maximum Gasteiger partial charge on any atom is 0.223 e. The number of nitrogens with zero attached hydrogens (tertiary/aromatic N) is 1. The van der Waals surface area contributed by atoms with Crippen LogP contribution in [0.2, 0.25) is 0 Å². The fraction of sp³-hybridized carbons (Fsp3) is 0.364. The maximum atomic E-state index is 13.6. The van der Waals surface area contributed by atoms with E-state index in [-0.39, 0.29) is 23.5 Å². The number of halogens is 1. The number of likely N-dealkylation sites (tertiary alicyclic amines) is 1. The van der Waals surface area contributed by atoms with Crippen LogP contribution in [0.1, 0.15) is 30.4 Å². The Hall–Kier alpha value is -2.69. The average Bonchev–Trinajstić information content (AvgIpc) is 2.72. The zero-order valence-electron chi connectivity index (χ0n) is 15.4. The van der Waals surface area contributed by atoms with Gasteiger partial charge in [-0.15, -0.1) is 0 Å². The van der Waals surface area contributed by atoms with Gasteiger partial charge in [-0.05, 0) is 36.5 Å². The first kappa shape index (κ1) is 19.1. The Morgan fingerprint density at radius 2 is 1.67 bits per heavy atom. The minimum Gasteiger partial charge on any atom is -0.352 e. The molecular formula is C22H25FN2O2. The highest BCUT2D eigenvalue weighted by Crippen LogP contribution is 2.19. The molecule has 4 nitrogen and oxygen atoms in total. The van der Waals surface area contributed by atoms with Crippen molar-refractivity contribution in [3.05, 3.63) is 71.5 Å². The molecule has 0 aliphatic carbocycles. The summed E-state index contributed by atoms with van der Waals surface area (Å²) in [5.74, 6) is -0.234. The first-order valence-corrected chi connectivity index (χ1v) is 9.46. The van der Waals surface area contributed by atoms with Gasteiger partial charge in [0.1, 0.15) is 5.82 Å². The molecule has 0 radical (unpaired) electrons. The van der Waals surface area contributed by atoms with Gasteiger partial charge in [0.2, 0.25) is 11.8 Å². The second-order valence-electron chi connectivity index (χ2n) is 6.95. The Morgan fingerprint density at radius 3 is 2.37 bits per heavy atom. The number of hydrogen-bond acceptors (Lipinski definition) is 2. The minimum absolute atomic E-state index is 0.0291. The van der Waals surface area contributed by atoms with Crippen molar-refractivity contribution >= 4 is 11.8 Å². The number of piperidine rings is 1. The van der Waals surface area contributed by atoms with Crippen LogP contribution in [0.4, 0.5) is 4.39 Å². The molecule has 1 aliphatic rings. The lowest BCUT2D eigenvalue weighted by Crippen LogP contribution is -2.43. The Bertz CT molecular complexity index is 771. The molecular weight excluding hydrogens is 343 g/mol. The number of carbonyl (C=O) groups excluding carboxylic acids is 2. The molecule has 142 valence electrons. The van der Waals surface area contributed by atoms with Crippen molar-refractivity contribution in [1.29, 1.82) is 0 Å². The van der Waals surface area contributed by atoms with Crippen LogP contribution in [0.5, 0.6) is 0 Å². The highest BCUT2D eigenvalue weighted by molar-refractivity contribution is 5.80. The van der Waals surface area contributed by atoms with Gasteiger partial charge in [0, 0.05) is 32.0 Å². The lowest BCUT2D eigenvalue weighted by molar-refractivity contribution is -0.135. The van der Waals surface area contributed by atoms with E-state index in [1.54, 1.807) is 23.1 Å². The third-order valence-corrected chi connectivity index (χ3v) is 5.09. The standard InChI is InChI=1S/C22H25FN2O2/c23-20-9-5-4-8-18(20)10-11-21(26)25-14-12-19(13-15-25)22(27)24-16-17-6-2-1-3-7-17/h1-9,19H,10-16H2,(H,24,27). The van der Waals surface area contributed by atoms with Crippen LogP contribution in [0.15, 0.2) is 54.6 Å². The van der Waals surface area contributed by atoms with Gasteiger partial charge in [0.25, 0.3) is 0 Å². The number of nitrogens with one attached hydrogen (secondary N) is 1. The van der Waals surface area contributed by atoms with Crippen LogP contribution in [0, 0.1) is 11.7 Å². The van der Waals surface area contributed by atoms with Crippen molar-refractivity contribution in [3.63, 3.8) is 0 Å². The van der Waals surface area contributed by atoms with Gasteiger partial charge in [-0.2, -0.15) is 0 Å². The van der Waals surface area contributed by atoms with Crippen molar-refractivity contribution in [2.24, 2.45) is 5.92 Å². The van der Waals surface area contributed by atoms with Crippen LogP contribution in [0.3, 0.4) is 0 Å². The third-order valence-electron chi connectivity index (χ3n) is 5.09. The number of carbonyl (C=O) groups is 2. The summed E-state index contributed by atoms with van der Waals surface area (Å²) in [6.07, 6.45) is 2.05. The van der Waals surface area contributed by atoms with Crippen molar-refractivity contribution in [2.45, 2.75) is 32.2 Å². The van der Waals surface area contributed by atoms with E-state index in [4.69, 9.17) is 0 Å². The summed E-state index contributed by atoms with van der Waals surface area (Å²) in [5, 5.41) is 2.98. The summed E-state index contributed by atoms with van der Waals surface area (Å²) in [6.45, 7) is 1.69. The predicted octanol–water partition coefficient (Wildman–Crippen LogP) is 3.31. The molecule has 2 amide bonds. The monoisotopic (exact) mass is 368 g/mol. The smallest absolute Gasteiger partial charge is 0.223 e. The van der Waals surface area contributed by atoms with Crippen LogP contribution in [-0.2, 0) is 22.6 Å². The Morgan fingerprint density at radius 1 is 1.00 bits per heavy atom. The summed E-state index contributed by atoms with van der Waals surface area (Å²) in [5.41, 5.74) is 1.65. The van der Waals surface area contributed by atoms with Gasteiger partial charge in [0.05, 0.1) is 0 Å². The molecule has 0 aromatic heterocycles. The quantitative estimate of drug-likeness (QED) is 0.850. The summed E-state index contributed by atoms with van der Waals surface area (Å²) < 4.78 is 13.6. The Labute approximate surface area is 159 Å². The molecule has 1 fully saturated rings. The van der Waals surface area contributed by atoms with Crippen molar-refractivity contribution in [3.8, 4) is 0 Å². The molecule has 3 rings (SSSR count). The van der Waals surface area contributed by atoms with E-state index < -0.39 is 0 Å². The van der Waals surface area contributed by atoms with Crippen LogP contribution in [0.25, 0.3) is 0 Å². The topological polar surface area (TPSA) is 49.4 Å². The van der Waals surface area contributed by atoms with Gasteiger partial charge in [0.15, 0.2) is 0 Å². The zero-order valence-corrected chi connectivity index (χ0v) is 15.4. The van der Waals surface area contributed by atoms with Crippen LogP contribution < -0.4 is 5.32 Å². The molecule has 0 bridgehead atoms. The lowest BCUT2D eigenvalue weighted by atomic mass is 9.95. The summed E-state index contributed by atoms with van der Waals surface area (Å²) >= 11 is 0. The third kappa shape index (κ3) is 5.39. The highest BCUT2D eigenvalue weighted by Gasteiger charge is 2.27. The average molecular weight is 368 g/mol. The largest absolute Gasteiger partial charge is 0.352 e. The molecule has 27 heavy (non-hydrogen) atoms. The minimum atomic E-state index is -0.265. The molecule has 5 heteroatoms. The van der Waals surface area contributed by atoms with E-state index in [1.807, 2.05) is 30.3 Å². The summed E-state index contributed by atoms with van der Waals surface area (Å²) in [4.78, 5) is 26.5. The first-order valence-electron chi connectivity index (χ1n) is 9.46. The predicted molar refractivity (Wildman–Crippen MR) is 102 cm³/mol. The van der Waals surface area contributed by atoms with Crippen molar-refractivity contribution < 1.29 is 14.0 Å². The van der Waals surface area contributed by atoms with Gasteiger partial charge < -0.3 is 10.2 Å². The van der Waals surface area contributed by atoms with Gasteiger partial charge in [-0.25, -0.2) is 4.39 Å². The summed E-state index contributed by atoms with van der Waals surface area (Å²) in [7, 11) is 0. The van der Waals surface area contributed by atoms with E-state index in [2.05, 4.69) is 5.32 Å². The van der Waals surface area contributed by atoms with Crippen molar-refractivity contribution in [2.75, 3.05) is 13.1 Å². The number of hydrogen-bond donors (Lipinski definition) is 1. The molecule has 0 atom stereocenters. The Balaban J connectivity index is 1.40. The molecule has 0 unspecified atom stereocenters. The molecule has 1 N–H and O–H groups in total. The maximum absolute atomic E-state index is 13.6. The molecule has 0 saturated carbocycles. The fourth-order valence-corrected chi connectivity index (χ4v) is 3.42. The van der Waals surface area contributed by atoms with Crippen LogP contribution >= 0.6 is 0 Å². The number of amides is 2. The Kier molecular flexibility index (Phi) is 6.58. The van der Waals surface area contributed by atoms with Gasteiger partial charge >= 0.3 is 0 Å². The van der Waals surface area contributed by atoms with Crippen LogP contribution in [-0.4, -0.2) is 29.8 Å². The molecule has 1 saturated heterocycles. The molecule has 1 heterocycles. The fourth-order valence-electron chi connectivity index (χ4n) is 3.42. The number of aryl methyl sites for hydroxylation is 1. The SMILES string of the molecule is O=C(NCc1ccccc1)C1CCN(C(=O)CCc2ccccc2F)CC1. The van der Waals surface area contributed by atoms with E-state index in [9.17, 15) is 14.0 Å². The number of rotatable bonds is 6. The first-order chi connectivity index (χ1) is 13.1. The normalized spacial score (nSPS) is 14.8. The van der Waals surface area contributed by atoms with Gasteiger partial charge in [-0.1, -0.05) is 48.5 Å². The molecule has 1 aliphatic heterocycles. The van der Waals surface area contributed by atoms with E-state index >= 15 is 0 Å². The van der Waals surface area contributed by atoms with Gasteiger partial charge in [-0.3, -0.25) is 9.59 Å². The molecule has 2 aromatic rings.